The van der Waals surface area contributed by atoms with Gasteiger partial charge in [-0.25, -0.2) is 0 Å². The molecule has 0 radical (unpaired) electrons. The van der Waals surface area contributed by atoms with Gasteiger partial charge in [0.1, 0.15) is 0 Å². The van der Waals surface area contributed by atoms with Gasteiger partial charge in [0.25, 0.3) is 0 Å². The van der Waals surface area contributed by atoms with Gasteiger partial charge in [0.05, 0.1) is 18.0 Å². The van der Waals surface area contributed by atoms with Crippen molar-refractivity contribution in [1.29, 1.82) is 0 Å². The second-order valence-corrected chi connectivity index (χ2v) is 3.76. The fourth-order valence-corrected chi connectivity index (χ4v) is 1.64. The highest BCUT2D eigenvalue weighted by atomic mass is 16.5. The first-order valence-electron chi connectivity index (χ1n) is 4.89. The van der Waals surface area contributed by atoms with Crippen molar-refractivity contribution in [2.75, 3.05) is 7.11 Å². The molecule has 5 heteroatoms. The zero-order valence-corrected chi connectivity index (χ0v) is 8.60. The van der Waals surface area contributed by atoms with Crippen LogP contribution in [0, 0.1) is 0 Å². The topological polar surface area (TPSA) is 52.0 Å². The molecule has 1 fully saturated rings. The van der Waals surface area contributed by atoms with E-state index in [1.165, 1.54) is 0 Å². The minimum Gasteiger partial charge on any atom is -0.381 e. The van der Waals surface area contributed by atoms with E-state index in [1.807, 2.05) is 7.05 Å². The molecule has 1 aromatic heterocycles. The van der Waals surface area contributed by atoms with Crippen LogP contribution < -0.4 is 5.32 Å². The molecule has 14 heavy (non-hydrogen) atoms. The van der Waals surface area contributed by atoms with Crippen LogP contribution in [0.5, 0.6) is 0 Å². The van der Waals surface area contributed by atoms with Gasteiger partial charge in [-0.2, -0.15) is 0 Å². The lowest BCUT2D eigenvalue weighted by Gasteiger charge is -2.34. The summed E-state index contributed by atoms with van der Waals surface area (Å²) in [5, 5.41) is 11.1. The van der Waals surface area contributed by atoms with Crippen LogP contribution in [0.3, 0.4) is 0 Å². The Hall–Kier alpha value is -0.940. The molecule has 2 rings (SSSR count). The van der Waals surface area contributed by atoms with Gasteiger partial charge in [-0.3, -0.25) is 4.68 Å². The Labute approximate surface area is 83.4 Å². The SMILES string of the molecule is COC1CC(NCc2cnnn2C)C1. The van der Waals surface area contributed by atoms with Crippen molar-refractivity contribution in [3.63, 3.8) is 0 Å². The third kappa shape index (κ3) is 1.93. The highest BCUT2D eigenvalue weighted by molar-refractivity contribution is 4.95. The number of aromatic nitrogens is 3. The highest BCUT2D eigenvalue weighted by Crippen LogP contribution is 2.22. The van der Waals surface area contributed by atoms with Crippen LogP contribution in [0.2, 0.25) is 0 Å². The number of aryl methyl sites for hydroxylation is 1. The van der Waals surface area contributed by atoms with Crippen molar-refractivity contribution in [2.24, 2.45) is 7.05 Å². The normalized spacial score (nSPS) is 26.1. The molecule has 0 aromatic carbocycles. The lowest BCUT2D eigenvalue weighted by molar-refractivity contribution is 0.0168. The fourth-order valence-electron chi connectivity index (χ4n) is 1.64. The van der Waals surface area contributed by atoms with Crippen molar-refractivity contribution in [3.05, 3.63) is 11.9 Å². The minimum absolute atomic E-state index is 0.456. The number of methoxy groups -OCH3 is 1. The van der Waals surface area contributed by atoms with E-state index in [4.69, 9.17) is 4.74 Å². The van der Waals surface area contributed by atoms with Crippen LogP contribution in [-0.4, -0.2) is 34.2 Å². The molecule has 1 N–H and O–H groups in total. The number of nitrogens with zero attached hydrogens (tertiary/aromatic N) is 3. The molecule has 1 aliphatic carbocycles. The fraction of sp³-hybridized carbons (Fsp3) is 0.778. The molecule has 5 nitrogen and oxygen atoms in total. The summed E-state index contributed by atoms with van der Waals surface area (Å²) >= 11 is 0. The largest absolute Gasteiger partial charge is 0.381 e. The minimum atomic E-state index is 0.456. The van der Waals surface area contributed by atoms with E-state index >= 15 is 0 Å². The van der Waals surface area contributed by atoms with Crippen LogP contribution in [0.4, 0.5) is 0 Å². The van der Waals surface area contributed by atoms with Gasteiger partial charge in [0, 0.05) is 26.7 Å². The Bertz CT molecular complexity index is 293. The molecule has 78 valence electrons. The maximum absolute atomic E-state index is 5.21. The second kappa shape index (κ2) is 4.06. The maximum Gasteiger partial charge on any atom is 0.0738 e. The van der Waals surface area contributed by atoms with E-state index < -0.39 is 0 Å². The standard InChI is InChI=1S/C9H16N4O/c1-13-8(6-11-12-13)5-10-7-3-9(4-7)14-2/h6-7,9-10H,3-5H2,1-2H3. The van der Waals surface area contributed by atoms with Crippen LogP contribution in [0.1, 0.15) is 18.5 Å². The molecular formula is C9H16N4O. The maximum atomic E-state index is 5.21. The number of hydrogen-bond acceptors (Lipinski definition) is 4. The molecule has 1 aromatic rings. The van der Waals surface area contributed by atoms with Gasteiger partial charge in [0.2, 0.25) is 0 Å². The van der Waals surface area contributed by atoms with Crippen molar-refractivity contribution >= 4 is 0 Å². The molecule has 0 aliphatic heterocycles. The molecule has 0 spiro atoms. The molecular weight excluding hydrogens is 180 g/mol. The van der Waals surface area contributed by atoms with Gasteiger partial charge in [0.15, 0.2) is 0 Å². The summed E-state index contributed by atoms with van der Waals surface area (Å²) in [5.74, 6) is 0. The average Bonchev–Trinajstić information content (AvgIpc) is 2.49. The molecule has 0 bridgehead atoms. The van der Waals surface area contributed by atoms with Crippen LogP contribution >= 0.6 is 0 Å². The number of nitrogens with one attached hydrogen (secondary N) is 1. The number of ether oxygens (including phenoxy) is 1. The van der Waals surface area contributed by atoms with E-state index in [1.54, 1.807) is 18.0 Å². The summed E-state index contributed by atoms with van der Waals surface area (Å²) in [4.78, 5) is 0. The van der Waals surface area contributed by atoms with E-state index in [0.29, 0.717) is 12.1 Å². The Morgan fingerprint density at radius 2 is 2.43 bits per heavy atom. The van der Waals surface area contributed by atoms with E-state index in [-0.39, 0.29) is 0 Å². The smallest absolute Gasteiger partial charge is 0.0738 e. The third-order valence-corrected chi connectivity index (χ3v) is 2.81. The Morgan fingerprint density at radius 1 is 1.64 bits per heavy atom. The van der Waals surface area contributed by atoms with Crippen molar-refractivity contribution < 1.29 is 4.74 Å². The van der Waals surface area contributed by atoms with Gasteiger partial charge < -0.3 is 10.1 Å². The zero-order valence-electron chi connectivity index (χ0n) is 8.60. The average molecular weight is 196 g/mol. The summed E-state index contributed by atoms with van der Waals surface area (Å²) in [6.45, 7) is 0.838. The van der Waals surface area contributed by atoms with E-state index in [0.717, 1.165) is 25.1 Å². The van der Waals surface area contributed by atoms with Gasteiger partial charge in [-0.15, -0.1) is 5.10 Å². The Morgan fingerprint density at radius 3 is 3.00 bits per heavy atom. The summed E-state index contributed by atoms with van der Waals surface area (Å²) in [6, 6.07) is 0.592. The predicted molar refractivity (Wildman–Crippen MR) is 51.7 cm³/mol. The van der Waals surface area contributed by atoms with Gasteiger partial charge >= 0.3 is 0 Å². The zero-order chi connectivity index (χ0) is 9.97. The van der Waals surface area contributed by atoms with Gasteiger partial charge in [-0.05, 0) is 12.8 Å². The number of rotatable bonds is 4. The lowest BCUT2D eigenvalue weighted by Crippen LogP contribution is -2.44. The molecule has 1 saturated carbocycles. The number of hydrogen-bond donors (Lipinski definition) is 1. The Kier molecular flexibility index (Phi) is 2.79. The molecule has 0 atom stereocenters. The van der Waals surface area contributed by atoms with Crippen molar-refractivity contribution in [3.8, 4) is 0 Å². The van der Waals surface area contributed by atoms with E-state index in [2.05, 4.69) is 15.6 Å². The second-order valence-electron chi connectivity index (χ2n) is 3.76. The summed E-state index contributed by atoms with van der Waals surface area (Å²) < 4.78 is 7.00. The molecule has 1 aliphatic rings. The first-order chi connectivity index (χ1) is 6.79. The third-order valence-electron chi connectivity index (χ3n) is 2.81. The van der Waals surface area contributed by atoms with Crippen molar-refractivity contribution in [1.82, 2.24) is 20.3 Å². The summed E-state index contributed by atoms with van der Waals surface area (Å²) in [7, 11) is 3.68. The van der Waals surface area contributed by atoms with Crippen molar-refractivity contribution in [2.45, 2.75) is 31.5 Å². The van der Waals surface area contributed by atoms with Crippen LogP contribution in [-0.2, 0) is 18.3 Å². The molecule has 1 heterocycles. The van der Waals surface area contributed by atoms with Crippen LogP contribution in [0.15, 0.2) is 6.20 Å². The summed E-state index contributed by atoms with van der Waals surface area (Å²) in [5.41, 5.74) is 1.12. The molecule has 0 unspecified atom stereocenters. The highest BCUT2D eigenvalue weighted by Gasteiger charge is 2.28. The Balaban J connectivity index is 1.72. The molecule has 0 amide bonds. The lowest BCUT2D eigenvalue weighted by atomic mass is 9.89. The van der Waals surface area contributed by atoms with E-state index in [9.17, 15) is 0 Å². The van der Waals surface area contributed by atoms with Crippen LogP contribution in [0.25, 0.3) is 0 Å². The summed E-state index contributed by atoms with van der Waals surface area (Å²) in [6.07, 6.45) is 4.47. The van der Waals surface area contributed by atoms with Gasteiger partial charge in [-0.1, -0.05) is 5.21 Å². The quantitative estimate of drug-likeness (QED) is 0.741. The molecule has 0 saturated heterocycles. The monoisotopic (exact) mass is 196 g/mol. The first-order valence-corrected chi connectivity index (χ1v) is 4.89. The first kappa shape index (κ1) is 9.61. The predicted octanol–water partition coefficient (Wildman–Crippen LogP) is 0.0821.